The predicted octanol–water partition coefficient (Wildman–Crippen LogP) is 1.69. The van der Waals surface area contributed by atoms with Crippen molar-refractivity contribution in [2.24, 2.45) is 0 Å². The Morgan fingerprint density at radius 2 is 2.11 bits per heavy atom. The molecule has 2 amide bonds. The predicted molar refractivity (Wildman–Crippen MR) is 73.6 cm³/mol. The van der Waals surface area contributed by atoms with E-state index in [2.05, 4.69) is 10.3 Å². The zero-order valence-corrected chi connectivity index (χ0v) is 12.0. The summed E-state index contributed by atoms with van der Waals surface area (Å²) in [5, 5.41) is 2.46. The molecule has 0 fully saturated rings. The van der Waals surface area contributed by atoms with Crippen LogP contribution in [-0.2, 0) is 10.0 Å². The van der Waals surface area contributed by atoms with Crippen LogP contribution in [0.4, 0.5) is 4.79 Å². The molecule has 0 spiro atoms. The molecule has 2 N–H and O–H groups in total. The van der Waals surface area contributed by atoms with Crippen LogP contribution in [0.15, 0.2) is 28.6 Å². The molecule has 0 saturated heterocycles. The van der Waals surface area contributed by atoms with E-state index in [0.29, 0.717) is 0 Å². The normalized spacial score (nSPS) is 11.7. The quantitative estimate of drug-likeness (QED) is 0.902. The van der Waals surface area contributed by atoms with Gasteiger partial charge in [0.2, 0.25) is 0 Å². The van der Waals surface area contributed by atoms with E-state index in [0.717, 1.165) is 10.2 Å². The first-order chi connectivity index (χ1) is 8.88. The molecule has 0 aliphatic heterocycles. The highest BCUT2D eigenvalue weighted by Crippen LogP contribution is 2.21. The van der Waals surface area contributed by atoms with Crippen LogP contribution >= 0.6 is 11.3 Å². The van der Waals surface area contributed by atoms with Gasteiger partial charge in [-0.15, -0.1) is 11.3 Å². The lowest BCUT2D eigenvalue weighted by atomic mass is 10.3. The Kier molecular flexibility index (Phi) is 3.72. The van der Waals surface area contributed by atoms with Gasteiger partial charge < -0.3 is 5.32 Å². The highest BCUT2D eigenvalue weighted by Gasteiger charge is 2.18. The minimum Gasteiger partial charge on any atom is -0.335 e. The van der Waals surface area contributed by atoms with E-state index in [4.69, 9.17) is 0 Å². The van der Waals surface area contributed by atoms with Gasteiger partial charge in [-0.05, 0) is 32.0 Å². The Hall–Kier alpha value is -1.67. The van der Waals surface area contributed by atoms with Gasteiger partial charge in [0.1, 0.15) is 0 Å². The lowest BCUT2D eigenvalue weighted by Crippen LogP contribution is -2.42. The number of fused-ring (bicyclic) bond motifs is 1. The topological polar surface area (TPSA) is 88.2 Å². The number of aromatic nitrogens is 1. The highest BCUT2D eigenvalue weighted by atomic mass is 32.2. The molecule has 2 rings (SSSR count). The standard InChI is InChI=1S/C11H13N3O3S2/c1-7(2)13-11(15)14-19(16,17)8-3-4-9-10(5-8)18-6-12-9/h3-7H,1-2H3,(H2,13,14,15). The molecule has 0 atom stereocenters. The number of hydrogen-bond acceptors (Lipinski definition) is 5. The molecule has 1 heterocycles. The third kappa shape index (κ3) is 3.21. The van der Waals surface area contributed by atoms with Crippen molar-refractivity contribution in [2.45, 2.75) is 24.8 Å². The Labute approximate surface area is 114 Å². The highest BCUT2D eigenvalue weighted by molar-refractivity contribution is 7.90. The molecule has 2 aromatic rings. The van der Waals surface area contributed by atoms with E-state index in [1.807, 2.05) is 4.72 Å². The van der Waals surface area contributed by atoms with Crippen LogP contribution in [-0.4, -0.2) is 25.5 Å². The van der Waals surface area contributed by atoms with Crippen LogP contribution in [0.5, 0.6) is 0 Å². The second-order valence-electron chi connectivity index (χ2n) is 4.22. The number of urea groups is 1. The molecular formula is C11H13N3O3S2. The van der Waals surface area contributed by atoms with Crippen molar-refractivity contribution in [1.82, 2.24) is 15.0 Å². The van der Waals surface area contributed by atoms with Crippen LogP contribution < -0.4 is 10.0 Å². The van der Waals surface area contributed by atoms with Crippen molar-refractivity contribution in [3.63, 3.8) is 0 Å². The summed E-state index contributed by atoms with van der Waals surface area (Å²) in [6, 6.07) is 3.66. The average molecular weight is 299 g/mol. The first-order valence-electron chi connectivity index (χ1n) is 5.55. The van der Waals surface area contributed by atoms with Gasteiger partial charge in [-0.1, -0.05) is 0 Å². The number of thiazole rings is 1. The zero-order chi connectivity index (χ0) is 14.0. The van der Waals surface area contributed by atoms with Crippen LogP contribution in [0.2, 0.25) is 0 Å². The molecule has 0 saturated carbocycles. The maximum Gasteiger partial charge on any atom is 0.328 e. The fraction of sp³-hybridized carbons (Fsp3) is 0.273. The number of sulfonamides is 1. The lowest BCUT2D eigenvalue weighted by Gasteiger charge is -2.10. The maximum atomic E-state index is 12.0. The number of amides is 2. The molecule has 0 radical (unpaired) electrons. The van der Waals surface area contributed by atoms with Gasteiger partial charge in [-0.3, -0.25) is 0 Å². The van der Waals surface area contributed by atoms with Crippen molar-refractivity contribution in [3.8, 4) is 0 Å². The number of carbonyl (C=O) groups is 1. The van der Waals surface area contributed by atoms with E-state index < -0.39 is 16.1 Å². The van der Waals surface area contributed by atoms with Gasteiger partial charge in [0, 0.05) is 6.04 Å². The summed E-state index contributed by atoms with van der Waals surface area (Å²) in [5.74, 6) is 0. The fourth-order valence-electron chi connectivity index (χ4n) is 1.48. The first-order valence-corrected chi connectivity index (χ1v) is 7.91. The third-order valence-electron chi connectivity index (χ3n) is 2.26. The summed E-state index contributed by atoms with van der Waals surface area (Å²) in [6.45, 7) is 3.49. The van der Waals surface area contributed by atoms with Gasteiger partial charge in [-0.2, -0.15) is 0 Å². The zero-order valence-electron chi connectivity index (χ0n) is 10.4. The van der Waals surface area contributed by atoms with Crippen molar-refractivity contribution in [1.29, 1.82) is 0 Å². The number of rotatable bonds is 3. The monoisotopic (exact) mass is 299 g/mol. The summed E-state index contributed by atoms with van der Waals surface area (Å²) in [4.78, 5) is 15.6. The minimum atomic E-state index is -3.86. The Balaban J connectivity index is 2.25. The van der Waals surface area contributed by atoms with Gasteiger partial charge in [0.25, 0.3) is 10.0 Å². The van der Waals surface area contributed by atoms with Crippen LogP contribution in [0.25, 0.3) is 10.2 Å². The van der Waals surface area contributed by atoms with E-state index in [-0.39, 0.29) is 10.9 Å². The Bertz CT molecular complexity index is 707. The minimum absolute atomic E-state index is 0.0446. The number of nitrogens with zero attached hydrogens (tertiary/aromatic N) is 1. The molecule has 0 aliphatic carbocycles. The third-order valence-corrected chi connectivity index (χ3v) is 4.38. The molecule has 1 aromatic heterocycles. The van der Waals surface area contributed by atoms with E-state index in [1.165, 1.54) is 23.5 Å². The lowest BCUT2D eigenvalue weighted by molar-refractivity contribution is 0.243. The number of carbonyl (C=O) groups excluding carboxylic acids is 1. The molecule has 1 aromatic carbocycles. The molecule has 6 nitrogen and oxygen atoms in total. The Morgan fingerprint density at radius 3 is 2.79 bits per heavy atom. The summed E-state index contributed by atoms with van der Waals surface area (Å²) < 4.78 is 26.7. The molecule has 0 unspecified atom stereocenters. The Morgan fingerprint density at radius 1 is 1.37 bits per heavy atom. The molecule has 102 valence electrons. The summed E-state index contributed by atoms with van der Waals surface area (Å²) in [5.41, 5.74) is 2.37. The number of benzene rings is 1. The van der Waals surface area contributed by atoms with Crippen LogP contribution in [0.1, 0.15) is 13.8 Å². The van der Waals surface area contributed by atoms with E-state index in [1.54, 1.807) is 25.4 Å². The second-order valence-corrected chi connectivity index (χ2v) is 6.78. The maximum absolute atomic E-state index is 12.0. The average Bonchev–Trinajstić information content (AvgIpc) is 2.73. The molecular weight excluding hydrogens is 286 g/mol. The fourth-order valence-corrected chi connectivity index (χ4v) is 3.21. The number of nitrogens with one attached hydrogen (secondary N) is 2. The summed E-state index contributed by atoms with van der Waals surface area (Å²) >= 11 is 1.34. The van der Waals surface area contributed by atoms with Crippen molar-refractivity contribution in [2.75, 3.05) is 0 Å². The first kappa shape index (κ1) is 13.8. The van der Waals surface area contributed by atoms with Gasteiger partial charge in [0.05, 0.1) is 20.6 Å². The van der Waals surface area contributed by atoms with Crippen LogP contribution in [0, 0.1) is 0 Å². The summed E-state index contributed by atoms with van der Waals surface area (Å²) in [7, 11) is -3.86. The van der Waals surface area contributed by atoms with E-state index in [9.17, 15) is 13.2 Å². The van der Waals surface area contributed by atoms with Crippen molar-refractivity contribution >= 4 is 37.6 Å². The van der Waals surface area contributed by atoms with Crippen LogP contribution in [0.3, 0.4) is 0 Å². The molecule has 8 heteroatoms. The number of hydrogen-bond donors (Lipinski definition) is 2. The molecule has 0 bridgehead atoms. The molecule has 19 heavy (non-hydrogen) atoms. The van der Waals surface area contributed by atoms with Crippen molar-refractivity contribution < 1.29 is 13.2 Å². The van der Waals surface area contributed by atoms with E-state index >= 15 is 0 Å². The largest absolute Gasteiger partial charge is 0.335 e. The van der Waals surface area contributed by atoms with Gasteiger partial charge in [-0.25, -0.2) is 22.9 Å². The SMILES string of the molecule is CC(C)NC(=O)NS(=O)(=O)c1ccc2ncsc2c1. The van der Waals surface area contributed by atoms with Crippen molar-refractivity contribution in [3.05, 3.63) is 23.7 Å². The van der Waals surface area contributed by atoms with Gasteiger partial charge >= 0.3 is 6.03 Å². The second kappa shape index (κ2) is 5.14. The summed E-state index contributed by atoms with van der Waals surface area (Å²) in [6.07, 6.45) is 0. The van der Waals surface area contributed by atoms with Gasteiger partial charge in [0.15, 0.2) is 0 Å². The smallest absolute Gasteiger partial charge is 0.328 e. The molecule has 0 aliphatic rings.